The fraction of sp³-hybridized carbons (Fsp3) is 0.533. The molecule has 104 valence electrons. The number of phenols is 1. The fourth-order valence-electron chi connectivity index (χ4n) is 2.69. The second-order valence-corrected chi connectivity index (χ2v) is 5.33. The molecule has 0 aromatic heterocycles. The van der Waals surface area contributed by atoms with Crippen molar-refractivity contribution in [3.63, 3.8) is 0 Å². The molecule has 19 heavy (non-hydrogen) atoms. The van der Waals surface area contributed by atoms with Crippen molar-refractivity contribution in [3.05, 3.63) is 29.3 Å². The monoisotopic (exact) mass is 263 g/mol. The molecule has 0 heterocycles. The Hall–Kier alpha value is -1.55. The smallest absolute Gasteiger partial charge is 0.255 e. The highest BCUT2D eigenvalue weighted by Gasteiger charge is 2.26. The summed E-state index contributed by atoms with van der Waals surface area (Å²) in [6, 6.07) is 4.99. The zero-order chi connectivity index (χ0) is 13.8. The molecule has 1 aliphatic rings. The molecule has 0 bridgehead atoms. The number of carbonyl (C=O) groups is 1. The molecule has 1 saturated carbocycles. The van der Waals surface area contributed by atoms with Crippen molar-refractivity contribution in [1.82, 2.24) is 5.32 Å². The van der Waals surface area contributed by atoms with Crippen LogP contribution in [0.2, 0.25) is 0 Å². The van der Waals surface area contributed by atoms with Gasteiger partial charge in [0.2, 0.25) is 0 Å². The Labute approximate surface area is 113 Å². The Balaban J connectivity index is 2.09. The van der Waals surface area contributed by atoms with Crippen molar-refractivity contribution in [2.45, 2.75) is 38.6 Å². The molecule has 3 N–H and O–H groups in total. The molecule has 1 aliphatic carbocycles. The van der Waals surface area contributed by atoms with Crippen LogP contribution < -0.4 is 5.32 Å². The van der Waals surface area contributed by atoms with Gasteiger partial charge in [0.25, 0.3) is 5.91 Å². The summed E-state index contributed by atoms with van der Waals surface area (Å²) < 4.78 is 0. The van der Waals surface area contributed by atoms with Crippen LogP contribution in [0.5, 0.6) is 5.75 Å². The Morgan fingerprint density at radius 1 is 1.37 bits per heavy atom. The maximum absolute atomic E-state index is 12.2. The van der Waals surface area contributed by atoms with E-state index in [0.29, 0.717) is 5.56 Å². The van der Waals surface area contributed by atoms with E-state index in [4.69, 9.17) is 0 Å². The minimum Gasteiger partial charge on any atom is -0.507 e. The van der Waals surface area contributed by atoms with Crippen LogP contribution in [-0.2, 0) is 0 Å². The first kappa shape index (κ1) is 13.9. The molecule has 0 spiro atoms. The highest BCUT2D eigenvalue weighted by molar-refractivity contribution is 5.97. The SMILES string of the molecule is Cc1ccc(O)c(C(=O)NC2CCCCC2CO)c1. The Morgan fingerprint density at radius 3 is 2.84 bits per heavy atom. The van der Waals surface area contributed by atoms with Crippen molar-refractivity contribution >= 4 is 5.91 Å². The molecule has 0 aliphatic heterocycles. The van der Waals surface area contributed by atoms with Crippen LogP contribution in [-0.4, -0.2) is 28.8 Å². The second kappa shape index (κ2) is 6.06. The van der Waals surface area contributed by atoms with Gasteiger partial charge < -0.3 is 15.5 Å². The van der Waals surface area contributed by atoms with Crippen LogP contribution in [0, 0.1) is 12.8 Å². The summed E-state index contributed by atoms with van der Waals surface area (Å²) >= 11 is 0. The lowest BCUT2D eigenvalue weighted by Gasteiger charge is -2.30. The highest BCUT2D eigenvalue weighted by atomic mass is 16.3. The zero-order valence-corrected chi connectivity index (χ0v) is 11.2. The predicted octanol–water partition coefficient (Wildman–Crippen LogP) is 1.98. The van der Waals surface area contributed by atoms with Gasteiger partial charge in [0.1, 0.15) is 5.75 Å². The number of benzene rings is 1. The van der Waals surface area contributed by atoms with Crippen molar-refractivity contribution in [1.29, 1.82) is 0 Å². The molecule has 2 atom stereocenters. The third-order valence-electron chi connectivity index (χ3n) is 3.86. The van der Waals surface area contributed by atoms with E-state index in [0.717, 1.165) is 31.2 Å². The third-order valence-corrected chi connectivity index (χ3v) is 3.86. The molecule has 4 heteroatoms. The van der Waals surface area contributed by atoms with Gasteiger partial charge in [0.15, 0.2) is 0 Å². The van der Waals surface area contributed by atoms with Crippen molar-refractivity contribution < 1.29 is 15.0 Å². The molecule has 0 radical (unpaired) electrons. The van der Waals surface area contributed by atoms with Gasteiger partial charge in [0.05, 0.1) is 5.56 Å². The first-order chi connectivity index (χ1) is 9.11. The summed E-state index contributed by atoms with van der Waals surface area (Å²) in [7, 11) is 0. The van der Waals surface area contributed by atoms with Crippen LogP contribution >= 0.6 is 0 Å². The van der Waals surface area contributed by atoms with E-state index in [1.54, 1.807) is 12.1 Å². The summed E-state index contributed by atoms with van der Waals surface area (Å²) in [6.07, 6.45) is 4.01. The number of amides is 1. The van der Waals surface area contributed by atoms with Gasteiger partial charge in [-0.05, 0) is 31.9 Å². The molecule has 0 saturated heterocycles. The van der Waals surface area contributed by atoms with Crippen LogP contribution in [0.1, 0.15) is 41.6 Å². The maximum Gasteiger partial charge on any atom is 0.255 e. The topological polar surface area (TPSA) is 69.6 Å². The summed E-state index contributed by atoms with van der Waals surface area (Å²) in [5, 5.41) is 22.0. The van der Waals surface area contributed by atoms with Gasteiger partial charge >= 0.3 is 0 Å². The maximum atomic E-state index is 12.2. The number of rotatable bonds is 3. The Kier molecular flexibility index (Phi) is 4.43. The Bertz CT molecular complexity index is 459. The lowest BCUT2D eigenvalue weighted by atomic mass is 9.85. The lowest BCUT2D eigenvalue weighted by Crippen LogP contribution is -2.43. The molecule has 1 aromatic carbocycles. The molecule has 1 aromatic rings. The number of aromatic hydroxyl groups is 1. The molecule has 2 unspecified atom stereocenters. The van der Waals surface area contributed by atoms with Crippen LogP contribution in [0.3, 0.4) is 0 Å². The van der Waals surface area contributed by atoms with E-state index in [9.17, 15) is 15.0 Å². The van der Waals surface area contributed by atoms with E-state index in [2.05, 4.69) is 5.32 Å². The minimum absolute atomic E-state index is 0.000502. The van der Waals surface area contributed by atoms with Gasteiger partial charge in [-0.15, -0.1) is 0 Å². The summed E-state index contributed by atoms with van der Waals surface area (Å²) in [5.74, 6) is -0.129. The summed E-state index contributed by atoms with van der Waals surface area (Å²) in [6.45, 7) is 1.98. The number of hydrogen-bond acceptors (Lipinski definition) is 3. The quantitative estimate of drug-likeness (QED) is 0.781. The average Bonchev–Trinajstić information content (AvgIpc) is 2.42. The molecule has 1 fully saturated rings. The number of aliphatic hydroxyl groups is 1. The molecule has 2 rings (SSSR count). The standard InChI is InChI=1S/C15H21NO3/c1-10-6-7-14(18)12(8-10)15(19)16-13-5-3-2-4-11(13)9-17/h6-8,11,13,17-18H,2-5,9H2,1H3,(H,16,19). The molecule has 1 amide bonds. The summed E-state index contributed by atoms with van der Waals surface area (Å²) in [4.78, 5) is 12.2. The Morgan fingerprint density at radius 2 is 2.11 bits per heavy atom. The van der Waals surface area contributed by atoms with Crippen molar-refractivity contribution in [2.24, 2.45) is 5.92 Å². The summed E-state index contributed by atoms with van der Waals surface area (Å²) in [5.41, 5.74) is 1.24. The fourth-order valence-corrected chi connectivity index (χ4v) is 2.69. The van der Waals surface area contributed by atoms with Crippen LogP contribution in [0.4, 0.5) is 0 Å². The normalized spacial score (nSPS) is 23.1. The van der Waals surface area contributed by atoms with Gasteiger partial charge in [-0.1, -0.05) is 24.5 Å². The number of nitrogens with one attached hydrogen (secondary N) is 1. The number of aliphatic hydroxyl groups excluding tert-OH is 1. The number of carbonyl (C=O) groups excluding carboxylic acids is 1. The van der Waals surface area contributed by atoms with E-state index in [1.807, 2.05) is 6.92 Å². The molecular formula is C15H21NO3. The van der Waals surface area contributed by atoms with Gasteiger partial charge in [0, 0.05) is 18.6 Å². The van der Waals surface area contributed by atoms with Gasteiger partial charge in [-0.25, -0.2) is 0 Å². The lowest BCUT2D eigenvalue weighted by molar-refractivity contribution is 0.0870. The van der Waals surface area contributed by atoms with E-state index in [1.165, 1.54) is 6.07 Å². The third kappa shape index (κ3) is 3.26. The first-order valence-corrected chi connectivity index (χ1v) is 6.83. The minimum atomic E-state index is -0.258. The predicted molar refractivity (Wildman–Crippen MR) is 73.1 cm³/mol. The number of phenolic OH excluding ortho intramolecular Hbond substituents is 1. The molecule has 4 nitrogen and oxygen atoms in total. The first-order valence-electron chi connectivity index (χ1n) is 6.83. The van der Waals surface area contributed by atoms with Crippen LogP contribution in [0.25, 0.3) is 0 Å². The van der Waals surface area contributed by atoms with E-state index < -0.39 is 0 Å². The average molecular weight is 263 g/mol. The van der Waals surface area contributed by atoms with Crippen LogP contribution in [0.15, 0.2) is 18.2 Å². The number of aryl methyl sites for hydroxylation is 1. The van der Waals surface area contributed by atoms with E-state index >= 15 is 0 Å². The largest absolute Gasteiger partial charge is 0.507 e. The van der Waals surface area contributed by atoms with Gasteiger partial charge in [-0.3, -0.25) is 4.79 Å². The zero-order valence-electron chi connectivity index (χ0n) is 11.2. The van der Waals surface area contributed by atoms with E-state index in [-0.39, 0.29) is 30.2 Å². The number of hydrogen-bond donors (Lipinski definition) is 3. The van der Waals surface area contributed by atoms with Crippen molar-refractivity contribution in [3.8, 4) is 5.75 Å². The van der Waals surface area contributed by atoms with Crippen molar-refractivity contribution in [2.75, 3.05) is 6.61 Å². The van der Waals surface area contributed by atoms with Gasteiger partial charge in [-0.2, -0.15) is 0 Å². The second-order valence-electron chi connectivity index (χ2n) is 5.33. The highest BCUT2D eigenvalue weighted by Crippen LogP contribution is 2.25. The molecular weight excluding hydrogens is 242 g/mol.